The fourth-order valence-electron chi connectivity index (χ4n) is 13.3. The van der Waals surface area contributed by atoms with E-state index in [1.165, 1.54) is 0 Å². The predicted octanol–water partition coefficient (Wildman–Crippen LogP) is 11.7. The standard InChI is InChI=1S/C39H68/c1-24(2)27(5)28(6)26(4)23-31-12-8-11-30-14-16-35(31)39-20-18-33(30)37-21-22-38(39)34-17-19-36(37)32-15-13-29(34)10-7-9-25(32)3/h24-39H,7-23H2,1-6H3. The van der Waals surface area contributed by atoms with Crippen molar-refractivity contribution in [2.45, 2.75) is 151 Å². The molecule has 0 amide bonds. The second kappa shape index (κ2) is 12.3. The van der Waals surface area contributed by atoms with Crippen molar-refractivity contribution >= 4 is 0 Å². The Bertz CT molecular complexity index is 781. The third-order valence-corrected chi connectivity index (χ3v) is 15.9. The van der Waals surface area contributed by atoms with Gasteiger partial charge in [-0.1, -0.05) is 80.1 Å². The number of hydrogen-bond acceptors (Lipinski definition) is 0. The second-order valence-corrected chi connectivity index (χ2v) is 17.5. The van der Waals surface area contributed by atoms with Crippen molar-refractivity contribution in [1.29, 1.82) is 0 Å². The molecule has 0 N–H and O–H groups in total. The predicted molar refractivity (Wildman–Crippen MR) is 168 cm³/mol. The summed E-state index contributed by atoms with van der Waals surface area (Å²) in [5, 5.41) is 0. The molecule has 10 bridgehead atoms. The smallest absolute Gasteiger partial charge is 0.0352 e. The van der Waals surface area contributed by atoms with Crippen molar-refractivity contribution in [2.24, 2.45) is 94.7 Å². The van der Waals surface area contributed by atoms with Gasteiger partial charge in [-0.15, -0.1) is 0 Å². The number of hydrogen-bond donors (Lipinski definition) is 0. The van der Waals surface area contributed by atoms with Crippen molar-refractivity contribution in [3.05, 3.63) is 0 Å². The molecular formula is C39H68. The van der Waals surface area contributed by atoms with Gasteiger partial charge in [-0.2, -0.15) is 0 Å². The van der Waals surface area contributed by atoms with E-state index < -0.39 is 0 Å². The minimum atomic E-state index is 0.821. The maximum atomic E-state index is 2.69. The molecule has 39 heavy (non-hydrogen) atoms. The zero-order chi connectivity index (χ0) is 27.3. The van der Waals surface area contributed by atoms with Gasteiger partial charge in [0.1, 0.15) is 0 Å². The van der Waals surface area contributed by atoms with Crippen LogP contribution in [-0.2, 0) is 0 Å². The van der Waals surface area contributed by atoms with Crippen molar-refractivity contribution in [3.63, 3.8) is 0 Å². The van der Waals surface area contributed by atoms with Gasteiger partial charge in [0, 0.05) is 0 Å². The Hall–Kier alpha value is 0. The average Bonchev–Trinajstić information content (AvgIpc) is 2.86. The van der Waals surface area contributed by atoms with Gasteiger partial charge >= 0.3 is 0 Å². The van der Waals surface area contributed by atoms with Crippen LogP contribution in [0.15, 0.2) is 0 Å². The van der Waals surface area contributed by atoms with Crippen LogP contribution in [0.1, 0.15) is 151 Å². The number of fused-ring (bicyclic) bond motifs is 23. The molecular weight excluding hydrogens is 468 g/mol. The van der Waals surface area contributed by atoms with E-state index in [-0.39, 0.29) is 0 Å². The van der Waals surface area contributed by atoms with Crippen LogP contribution < -0.4 is 0 Å². The van der Waals surface area contributed by atoms with Crippen LogP contribution in [-0.4, -0.2) is 0 Å². The first-order valence-corrected chi connectivity index (χ1v) is 18.8. The minimum absolute atomic E-state index is 0.821. The Balaban J connectivity index is 1.33. The third kappa shape index (κ3) is 5.69. The van der Waals surface area contributed by atoms with Crippen molar-refractivity contribution in [3.8, 4) is 0 Å². The SMILES string of the molecule is CC(C)C(C)C(C)C(C)CC1CCCC2CCC1C1CCC2C2CCC1C1CCC2C2CCC1CCCC2C. The molecule has 0 radical (unpaired) electrons. The van der Waals surface area contributed by atoms with Crippen LogP contribution in [0.4, 0.5) is 0 Å². The van der Waals surface area contributed by atoms with E-state index in [0.717, 1.165) is 94.7 Å². The summed E-state index contributed by atoms with van der Waals surface area (Å²) in [6.07, 6.45) is 27.2. The molecule has 15 unspecified atom stereocenters. The summed E-state index contributed by atoms with van der Waals surface area (Å²) in [6, 6.07) is 0. The Kier molecular flexibility index (Phi) is 9.18. The number of rotatable bonds is 5. The molecule has 0 aliphatic heterocycles. The van der Waals surface area contributed by atoms with Crippen LogP contribution in [0.5, 0.6) is 0 Å². The van der Waals surface area contributed by atoms with Gasteiger partial charge < -0.3 is 0 Å². The van der Waals surface area contributed by atoms with E-state index in [1.807, 2.05) is 0 Å². The Labute approximate surface area is 245 Å². The normalized spacial score (nSPS) is 48.7. The van der Waals surface area contributed by atoms with Gasteiger partial charge in [-0.05, 0) is 165 Å². The molecule has 0 heterocycles. The molecule has 0 saturated heterocycles. The van der Waals surface area contributed by atoms with Crippen molar-refractivity contribution in [2.75, 3.05) is 0 Å². The Morgan fingerprint density at radius 3 is 1.49 bits per heavy atom. The quantitative estimate of drug-likeness (QED) is 0.306. The highest BCUT2D eigenvalue weighted by Crippen LogP contribution is 2.60. The van der Waals surface area contributed by atoms with Crippen LogP contribution in [0, 0.1) is 94.7 Å². The Morgan fingerprint density at radius 1 is 0.436 bits per heavy atom. The summed E-state index contributed by atoms with van der Waals surface area (Å²) in [5.41, 5.74) is 0. The molecule has 0 aromatic rings. The molecule has 0 aromatic heterocycles. The zero-order valence-electron chi connectivity index (χ0n) is 27.3. The summed E-state index contributed by atoms with van der Waals surface area (Å²) >= 11 is 0. The summed E-state index contributed by atoms with van der Waals surface area (Å²) in [6.45, 7) is 15.4. The second-order valence-electron chi connectivity index (χ2n) is 17.5. The van der Waals surface area contributed by atoms with Crippen LogP contribution in [0.2, 0.25) is 0 Å². The molecule has 15 atom stereocenters. The summed E-state index contributed by atoms with van der Waals surface area (Å²) < 4.78 is 0. The molecule has 6 aliphatic carbocycles. The first-order valence-electron chi connectivity index (χ1n) is 18.8. The fraction of sp³-hybridized carbons (Fsp3) is 1.00. The van der Waals surface area contributed by atoms with Crippen LogP contribution >= 0.6 is 0 Å². The van der Waals surface area contributed by atoms with E-state index >= 15 is 0 Å². The van der Waals surface area contributed by atoms with E-state index in [0.29, 0.717) is 0 Å². The molecule has 6 saturated carbocycles. The summed E-state index contributed by atoms with van der Waals surface area (Å²) in [5.74, 6) is 16.2. The summed E-state index contributed by atoms with van der Waals surface area (Å²) in [4.78, 5) is 0. The Morgan fingerprint density at radius 2 is 0.897 bits per heavy atom. The lowest BCUT2D eigenvalue weighted by Crippen LogP contribution is -2.48. The van der Waals surface area contributed by atoms with Crippen molar-refractivity contribution in [1.82, 2.24) is 0 Å². The summed E-state index contributed by atoms with van der Waals surface area (Å²) in [7, 11) is 0. The average molecular weight is 537 g/mol. The first-order chi connectivity index (χ1) is 18.8. The highest BCUT2D eigenvalue weighted by molar-refractivity contribution is 5.01. The monoisotopic (exact) mass is 537 g/mol. The van der Waals surface area contributed by atoms with Gasteiger partial charge in [0.05, 0.1) is 0 Å². The van der Waals surface area contributed by atoms with Gasteiger partial charge in [-0.25, -0.2) is 0 Å². The molecule has 0 heteroatoms. The van der Waals surface area contributed by atoms with E-state index in [1.54, 1.807) is 109 Å². The molecule has 224 valence electrons. The maximum Gasteiger partial charge on any atom is -0.0352 e. The molecule has 0 spiro atoms. The van der Waals surface area contributed by atoms with Crippen molar-refractivity contribution < 1.29 is 0 Å². The zero-order valence-corrected chi connectivity index (χ0v) is 27.3. The molecule has 6 fully saturated rings. The molecule has 6 aliphatic rings. The van der Waals surface area contributed by atoms with E-state index in [4.69, 9.17) is 0 Å². The van der Waals surface area contributed by atoms with Gasteiger partial charge in [0.2, 0.25) is 0 Å². The molecule has 0 nitrogen and oxygen atoms in total. The van der Waals surface area contributed by atoms with Gasteiger partial charge in [0.15, 0.2) is 0 Å². The van der Waals surface area contributed by atoms with E-state index in [2.05, 4.69) is 41.5 Å². The van der Waals surface area contributed by atoms with Crippen LogP contribution in [0.25, 0.3) is 0 Å². The van der Waals surface area contributed by atoms with Gasteiger partial charge in [0.25, 0.3) is 0 Å². The lowest BCUT2D eigenvalue weighted by molar-refractivity contribution is -0.0696. The minimum Gasteiger partial charge on any atom is -0.0625 e. The fourth-order valence-corrected chi connectivity index (χ4v) is 13.3. The highest BCUT2D eigenvalue weighted by Gasteiger charge is 2.51. The molecule has 6 rings (SSSR count). The molecule has 0 aromatic carbocycles. The first kappa shape index (κ1) is 29.1. The lowest BCUT2D eigenvalue weighted by atomic mass is 9.49. The largest absolute Gasteiger partial charge is 0.0625 e. The van der Waals surface area contributed by atoms with Crippen LogP contribution in [0.3, 0.4) is 0 Å². The third-order valence-electron chi connectivity index (χ3n) is 15.9. The maximum absolute atomic E-state index is 2.69. The van der Waals surface area contributed by atoms with Gasteiger partial charge in [-0.3, -0.25) is 0 Å². The topological polar surface area (TPSA) is 0 Å². The lowest BCUT2D eigenvalue weighted by Gasteiger charge is -2.57. The van der Waals surface area contributed by atoms with E-state index in [9.17, 15) is 0 Å². The highest BCUT2D eigenvalue weighted by atomic mass is 14.6.